The van der Waals surface area contributed by atoms with Crippen LogP contribution in [0.4, 0.5) is 0 Å². The summed E-state index contributed by atoms with van der Waals surface area (Å²) in [6.45, 7) is 4.59. The van der Waals surface area contributed by atoms with E-state index in [-0.39, 0.29) is 18.2 Å². The molecule has 0 aliphatic carbocycles. The van der Waals surface area contributed by atoms with E-state index in [1.807, 2.05) is 25.1 Å². The predicted molar refractivity (Wildman–Crippen MR) is 119 cm³/mol. The number of hydrogen-bond acceptors (Lipinski definition) is 7. The number of hydrogen-bond donors (Lipinski definition) is 1. The van der Waals surface area contributed by atoms with Gasteiger partial charge in [-0.15, -0.1) is 5.06 Å². The summed E-state index contributed by atoms with van der Waals surface area (Å²) in [7, 11) is 0. The van der Waals surface area contributed by atoms with E-state index in [0.717, 1.165) is 11.3 Å². The highest BCUT2D eigenvalue weighted by Gasteiger charge is 2.34. The number of hydroxylamine groups is 2. The third-order valence-electron chi connectivity index (χ3n) is 5.09. The highest BCUT2D eigenvalue weighted by molar-refractivity contribution is 6.32. The lowest BCUT2D eigenvalue weighted by atomic mass is 10.1. The van der Waals surface area contributed by atoms with Crippen LogP contribution in [0.1, 0.15) is 25.0 Å². The van der Waals surface area contributed by atoms with Crippen molar-refractivity contribution in [2.45, 2.75) is 20.5 Å². The van der Waals surface area contributed by atoms with Crippen LogP contribution in [0.5, 0.6) is 23.0 Å². The van der Waals surface area contributed by atoms with Gasteiger partial charge in [-0.1, -0.05) is 12.1 Å². The highest BCUT2D eigenvalue weighted by Crippen LogP contribution is 2.34. The average molecular weight is 447 g/mol. The molecular weight excluding hydrogens is 426 g/mol. The topological polar surface area (TPSA) is 103 Å². The van der Waals surface area contributed by atoms with Crippen LogP contribution in [0.15, 0.2) is 58.8 Å². The molecule has 2 aromatic rings. The van der Waals surface area contributed by atoms with Gasteiger partial charge in [-0.05, 0) is 55.3 Å². The molecule has 9 heteroatoms. The molecule has 0 atom stereocenters. The molecule has 1 N–H and O–H groups in total. The van der Waals surface area contributed by atoms with Crippen molar-refractivity contribution in [1.29, 1.82) is 5.41 Å². The fraction of sp³-hybridized carbons (Fsp3) is 0.208. The van der Waals surface area contributed by atoms with Crippen molar-refractivity contribution < 1.29 is 28.6 Å². The number of carbonyl (C=O) groups excluding carboxylic acids is 1. The minimum atomic E-state index is -0.498. The number of benzene rings is 2. The maximum atomic E-state index is 12.5. The molecule has 3 heterocycles. The Hall–Kier alpha value is -4.27. The van der Waals surface area contributed by atoms with Crippen LogP contribution in [0.3, 0.4) is 0 Å². The smallest absolute Gasteiger partial charge is 0.282 e. The monoisotopic (exact) mass is 447 g/mol. The molecule has 0 spiro atoms. The van der Waals surface area contributed by atoms with Gasteiger partial charge in [0.05, 0.1) is 12.2 Å². The second-order valence-corrected chi connectivity index (χ2v) is 7.44. The Bertz CT molecular complexity index is 1250. The van der Waals surface area contributed by atoms with Crippen molar-refractivity contribution >= 4 is 23.7 Å². The molecule has 0 saturated heterocycles. The molecule has 0 fully saturated rings. The summed E-state index contributed by atoms with van der Waals surface area (Å²) in [5.74, 6) is 2.81. The number of aliphatic imine (C=N–C) groups is 1. The van der Waals surface area contributed by atoms with E-state index in [2.05, 4.69) is 4.99 Å². The minimum Gasteiger partial charge on any atom is -0.490 e. The van der Waals surface area contributed by atoms with Gasteiger partial charge in [-0.3, -0.25) is 10.2 Å². The van der Waals surface area contributed by atoms with Gasteiger partial charge in [-0.25, -0.2) is 0 Å². The summed E-state index contributed by atoms with van der Waals surface area (Å²) in [5, 5.41) is 9.59. The van der Waals surface area contributed by atoms with E-state index in [1.54, 1.807) is 37.3 Å². The van der Waals surface area contributed by atoms with Crippen LogP contribution < -0.4 is 18.9 Å². The Morgan fingerprint density at radius 3 is 2.82 bits per heavy atom. The molecule has 0 bridgehead atoms. The standard InChI is InChI=1S/C24H21N3O6/c1-3-29-20-10-15(9-17-23(25)27-22(26-24(17)28)8-14(2)33-27)4-6-18(20)30-12-16-5-7-19-21(11-16)32-13-31-19/h4-11,25H,3,12-13H2,1-2H3/b17-9-,25-23?. The number of fused-ring (bicyclic) bond motifs is 2. The molecule has 168 valence electrons. The Kier molecular flexibility index (Phi) is 5.21. The van der Waals surface area contributed by atoms with Gasteiger partial charge in [0, 0.05) is 6.08 Å². The lowest BCUT2D eigenvalue weighted by Gasteiger charge is -2.23. The highest BCUT2D eigenvalue weighted by atomic mass is 16.7. The van der Waals surface area contributed by atoms with Crippen molar-refractivity contribution in [2.75, 3.05) is 13.4 Å². The second-order valence-electron chi connectivity index (χ2n) is 7.44. The average Bonchev–Trinajstić information content (AvgIpc) is 3.41. The lowest BCUT2D eigenvalue weighted by Crippen LogP contribution is -2.38. The number of nitrogens with one attached hydrogen (secondary N) is 1. The summed E-state index contributed by atoms with van der Waals surface area (Å²) in [6.07, 6.45) is 3.20. The number of rotatable bonds is 6. The molecule has 3 aliphatic rings. The molecule has 0 unspecified atom stereocenters. The van der Waals surface area contributed by atoms with Crippen LogP contribution in [-0.2, 0) is 16.2 Å². The van der Waals surface area contributed by atoms with Crippen LogP contribution in [0.2, 0.25) is 0 Å². The Morgan fingerprint density at radius 1 is 1.12 bits per heavy atom. The maximum absolute atomic E-state index is 12.5. The number of nitrogens with zero attached hydrogens (tertiary/aromatic N) is 2. The van der Waals surface area contributed by atoms with Gasteiger partial charge in [0.15, 0.2) is 34.7 Å². The Morgan fingerprint density at radius 2 is 1.97 bits per heavy atom. The fourth-order valence-corrected chi connectivity index (χ4v) is 3.56. The molecule has 0 radical (unpaired) electrons. The third kappa shape index (κ3) is 4.00. The summed E-state index contributed by atoms with van der Waals surface area (Å²) in [6, 6.07) is 11.0. The van der Waals surface area contributed by atoms with Crippen LogP contribution in [0.25, 0.3) is 6.08 Å². The van der Waals surface area contributed by atoms with E-state index in [9.17, 15) is 4.79 Å². The quantitative estimate of drug-likeness (QED) is 0.671. The van der Waals surface area contributed by atoms with Crippen molar-refractivity contribution in [3.05, 3.63) is 64.9 Å². The molecule has 2 aromatic carbocycles. The molecule has 3 aliphatic heterocycles. The van der Waals surface area contributed by atoms with Gasteiger partial charge in [0.1, 0.15) is 12.4 Å². The number of carbonyl (C=O) groups is 1. The Balaban J connectivity index is 1.36. The van der Waals surface area contributed by atoms with Crippen molar-refractivity contribution in [3.63, 3.8) is 0 Å². The second kappa shape index (κ2) is 8.34. The lowest BCUT2D eigenvalue weighted by molar-refractivity contribution is -0.114. The first-order valence-corrected chi connectivity index (χ1v) is 10.4. The molecular formula is C24H21N3O6. The van der Waals surface area contributed by atoms with Crippen molar-refractivity contribution in [3.8, 4) is 23.0 Å². The molecule has 9 nitrogen and oxygen atoms in total. The molecule has 0 aromatic heterocycles. The first-order valence-electron chi connectivity index (χ1n) is 10.4. The SMILES string of the molecule is CCOc1cc(/C=C2/C(=N)N3OC(C)=CC3=NC2=O)ccc1OCc1ccc2c(c1)OCO2. The van der Waals surface area contributed by atoms with E-state index in [4.69, 9.17) is 29.2 Å². The third-order valence-corrected chi connectivity index (χ3v) is 5.09. The van der Waals surface area contributed by atoms with Crippen LogP contribution >= 0.6 is 0 Å². The van der Waals surface area contributed by atoms with Crippen molar-refractivity contribution in [2.24, 2.45) is 4.99 Å². The Labute approximate surface area is 189 Å². The molecule has 0 saturated carbocycles. The van der Waals surface area contributed by atoms with Gasteiger partial charge >= 0.3 is 0 Å². The van der Waals surface area contributed by atoms with Gasteiger partial charge in [0.25, 0.3) is 5.91 Å². The van der Waals surface area contributed by atoms with E-state index >= 15 is 0 Å². The number of amides is 1. The summed E-state index contributed by atoms with van der Waals surface area (Å²) >= 11 is 0. The molecule has 1 amide bonds. The van der Waals surface area contributed by atoms with Crippen molar-refractivity contribution in [1.82, 2.24) is 5.06 Å². The molecule has 5 rings (SSSR count). The fourth-order valence-electron chi connectivity index (χ4n) is 3.56. The van der Waals surface area contributed by atoms with E-state index in [0.29, 0.717) is 47.6 Å². The number of ether oxygens (including phenoxy) is 4. The first-order chi connectivity index (χ1) is 16.0. The molecule has 33 heavy (non-hydrogen) atoms. The van der Waals surface area contributed by atoms with E-state index < -0.39 is 5.91 Å². The summed E-state index contributed by atoms with van der Waals surface area (Å²) in [4.78, 5) is 22.0. The van der Waals surface area contributed by atoms with Gasteiger partial charge < -0.3 is 23.8 Å². The van der Waals surface area contributed by atoms with Gasteiger partial charge in [-0.2, -0.15) is 4.99 Å². The minimum absolute atomic E-state index is 0.0702. The largest absolute Gasteiger partial charge is 0.490 e. The predicted octanol–water partition coefficient (Wildman–Crippen LogP) is 3.84. The van der Waals surface area contributed by atoms with Gasteiger partial charge in [0.2, 0.25) is 6.79 Å². The van der Waals surface area contributed by atoms with E-state index in [1.165, 1.54) is 5.06 Å². The maximum Gasteiger partial charge on any atom is 0.282 e. The summed E-state index contributed by atoms with van der Waals surface area (Å²) < 4.78 is 22.5. The zero-order valence-corrected chi connectivity index (χ0v) is 18.1. The zero-order valence-electron chi connectivity index (χ0n) is 18.1. The summed E-state index contributed by atoms with van der Waals surface area (Å²) in [5.41, 5.74) is 1.72. The van der Waals surface area contributed by atoms with Crippen LogP contribution in [0, 0.1) is 5.41 Å². The van der Waals surface area contributed by atoms with Crippen LogP contribution in [-0.4, -0.2) is 36.0 Å². The normalized spacial score (nSPS) is 17.5. The number of allylic oxidation sites excluding steroid dienone is 1. The number of amidine groups is 2. The first kappa shape index (κ1) is 20.6. The zero-order chi connectivity index (χ0) is 22.9.